The second-order valence-electron chi connectivity index (χ2n) is 18.9. The minimum atomic E-state index is -1.37. The van der Waals surface area contributed by atoms with Crippen LogP contribution in [0.1, 0.15) is 56.6 Å². The number of nitrogens with zero attached hydrogens (tertiary/aromatic N) is 3. The molecule has 11 rings (SSSR count). The van der Waals surface area contributed by atoms with E-state index in [9.17, 15) is 0 Å². The maximum Gasteiger partial charge on any atom is 0.120 e. The Hall–Kier alpha value is -6.17. The molecule has 1 saturated carbocycles. The number of aromatic nitrogens is 3. The van der Waals surface area contributed by atoms with Crippen molar-refractivity contribution in [2.45, 2.75) is 71.5 Å². The van der Waals surface area contributed by atoms with E-state index in [-0.39, 0.29) is 20.1 Å². The summed E-state index contributed by atoms with van der Waals surface area (Å²) in [4.78, 5) is 10.00. The van der Waals surface area contributed by atoms with Crippen LogP contribution >= 0.6 is 0 Å². The summed E-state index contributed by atoms with van der Waals surface area (Å²) in [5.41, 5.74) is 15.2. The van der Waals surface area contributed by atoms with Gasteiger partial charge in [-0.15, -0.1) is 53.6 Å². The average molecular weight is 1050 g/mol. The van der Waals surface area contributed by atoms with E-state index in [1.807, 2.05) is 30.3 Å². The fourth-order valence-corrected chi connectivity index (χ4v) is 11.2. The average Bonchev–Trinajstić information content (AvgIpc) is 4.10. The Morgan fingerprint density at radius 1 is 0.712 bits per heavy atom. The van der Waals surface area contributed by atoms with Crippen LogP contribution in [0.25, 0.3) is 83.6 Å². The minimum Gasteiger partial charge on any atom is -0.501 e. The third-order valence-corrected chi connectivity index (χ3v) is 15.2. The van der Waals surface area contributed by atoms with Crippen LogP contribution in [-0.2, 0) is 26.5 Å². The molecule has 1 fully saturated rings. The van der Waals surface area contributed by atoms with Gasteiger partial charge in [0.05, 0.1) is 30.5 Å². The molecule has 66 heavy (non-hydrogen) atoms. The topological polar surface area (TPSA) is 43.9 Å². The third-order valence-electron chi connectivity index (χ3n) is 13.1. The summed E-state index contributed by atoms with van der Waals surface area (Å²) in [6, 6.07) is 64.1. The zero-order valence-electron chi connectivity index (χ0n) is 38.4. The molecule has 0 saturated heterocycles. The van der Waals surface area contributed by atoms with E-state index in [2.05, 4.69) is 190 Å². The Morgan fingerprint density at radius 3 is 2.15 bits per heavy atom. The van der Waals surface area contributed by atoms with E-state index in [1.165, 1.54) is 48.8 Å². The summed E-state index contributed by atoms with van der Waals surface area (Å²) in [6.45, 7) is 11.8. The fraction of sp³-hybridized carbons (Fsp3) is 0.200. The molecular formula is C60H55IrN3OSi-2. The Balaban J connectivity index is 0.000000183. The number of imidazole rings is 1. The van der Waals surface area contributed by atoms with Gasteiger partial charge in [0.2, 0.25) is 0 Å². The molecule has 1 aliphatic carbocycles. The largest absolute Gasteiger partial charge is 0.501 e. The van der Waals surface area contributed by atoms with Gasteiger partial charge in [-0.2, -0.15) is 0 Å². The summed E-state index contributed by atoms with van der Waals surface area (Å²) in [7, 11) is -1.37. The molecule has 1 aliphatic rings. The summed E-state index contributed by atoms with van der Waals surface area (Å²) in [6.07, 6.45) is 9.04. The van der Waals surface area contributed by atoms with Crippen molar-refractivity contribution < 1.29 is 24.5 Å². The number of pyridine rings is 1. The van der Waals surface area contributed by atoms with Gasteiger partial charge in [-0.25, -0.2) is 0 Å². The maximum atomic E-state index is 6.43. The van der Waals surface area contributed by atoms with Gasteiger partial charge in [-0.05, 0) is 70.2 Å². The van der Waals surface area contributed by atoms with Gasteiger partial charge in [0.25, 0.3) is 0 Å². The van der Waals surface area contributed by atoms with Gasteiger partial charge in [-0.3, -0.25) is 4.98 Å². The van der Waals surface area contributed by atoms with Gasteiger partial charge >= 0.3 is 0 Å². The van der Waals surface area contributed by atoms with Gasteiger partial charge in [-0.1, -0.05) is 185 Å². The number of hydrogen-bond acceptors (Lipinski definition) is 3. The van der Waals surface area contributed by atoms with Crippen molar-refractivity contribution >= 4 is 46.2 Å². The van der Waals surface area contributed by atoms with Crippen LogP contribution in [0.15, 0.2) is 174 Å². The molecule has 0 amide bonds. The van der Waals surface area contributed by atoms with Crippen LogP contribution < -0.4 is 5.19 Å². The van der Waals surface area contributed by atoms with Crippen molar-refractivity contribution in [3.63, 3.8) is 0 Å². The maximum absolute atomic E-state index is 6.43. The van der Waals surface area contributed by atoms with Crippen molar-refractivity contribution in [3.8, 4) is 50.6 Å². The quantitative estimate of drug-likeness (QED) is 0.107. The second kappa shape index (κ2) is 19.3. The summed E-state index contributed by atoms with van der Waals surface area (Å²) >= 11 is 0. The van der Waals surface area contributed by atoms with Crippen LogP contribution in [0.2, 0.25) is 19.6 Å². The molecule has 1 radical (unpaired) electrons. The van der Waals surface area contributed by atoms with Crippen molar-refractivity contribution in [2.75, 3.05) is 0 Å². The van der Waals surface area contributed by atoms with E-state index < -0.39 is 8.07 Å². The first-order chi connectivity index (χ1) is 31.7. The molecule has 0 unspecified atom stereocenters. The summed E-state index contributed by atoms with van der Waals surface area (Å²) in [5, 5.41) is 3.69. The number of rotatable bonds is 9. The molecule has 3 heterocycles. The molecule has 10 aromatic rings. The van der Waals surface area contributed by atoms with E-state index in [0.717, 1.165) is 78.3 Å². The first-order valence-electron chi connectivity index (χ1n) is 23.3. The van der Waals surface area contributed by atoms with Crippen LogP contribution in [0.5, 0.6) is 0 Å². The molecule has 7 aromatic carbocycles. The Kier molecular flexibility index (Phi) is 13.2. The molecule has 0 aliphatic heterocycles. The molecule has 3 aromatic heterocycles. The van der Waals surface area contributed by atoms with Gasteiger partial charge < -0.3 is 14.0 Å². The molecule has 0 atom stereocenters. The van der Waals surface area contributed by atoms with E-state index >= 15 is 0 Å². The SMILES string of the molecule is CC(C)c1c[c-]c(-c2cc(CC3CCCC3)c([Si](C)(C)C)cn2)cc1.[Ir].[c-]1ccc2c(oc3ccccc32)c1-c1nc2ccccc2n1-c1ccc(-c2ccccc2)cc1-c1ccccc1. The van der Waals surface area contributed by atoms with E-state index in [0.29, 0.717) is 5.92 Å². The number of benzene rings is 7. The van der Waals surface area contributed by atoms with Crippen LogP contribution in [0.3, 0.4) is 0 Å². The van der Waals surface area contributed by atoms with Crippen molar-refractivity contribution in [2.24, 2.45) is 5.92 Å². The summed E-state index contributed by atoms with van der Waals surface area (Å²) < 4.78 is 8.69. The van der Waals surface area contributed by atoms with Gasteiger partial charge in [0.1, 0.15) is 5.58 Å². The van der Waals surface area contributed by atoms with Crippen LogP contribution in [0, 0.1) is 18.1 Å². The smallest absolute Gasteiger partial charge is 0.120 e. The zero-order chi connectivity index (χ0) is 44.5. The first kappa shape index (κ1) is 45.0. The molecule has 4 nitrogen and oxygen atoms in total. The van der Waals surface area contributed by atoms with Crippen molar-refractivity contribution in [1.82, 2.24) is 14.5 Å². The predicted molar refractivity (Wildman–Crippen MR) is 275 cm³/mol. The molecule has 331 valence electrons. The number of hydrogen-bond donors (Lipinski definition) is 0. The van der Waals surface area contributed by atoms with Crippen molar-refractivity contribution in [1.29, 1.82) is 0 Å². The summed E-state index contributed by atoms with van der Waals surface area (Å²) in [5.74, 6) is 2.22. The number of fused-ring (bicyclic) bond motifs is 4. The third kappa shape index (κ3) is 9.15. The molecular weight excluding hydrogens is 999 g/mol. The first-order valence-corrected chi connectivity index (χ1v) is 26.8. The van der Waals surface area contributed by atoms with E-state index in [4.69, 9.17) is 14.4 Å². The van der Waals surface area contributed by atoms with E-state index in [1.54, 1.807) is 10.8 Å². The Labute approximate surface area is 404 Å². The van der Waals surface area contributed by atoms with Gasteiger partial charge in [0.15, 0.2) is 0 Å². The number of furan rings is 1. The van der Waals surface area contributed by atoms with Crippen LogP contribution in [0.4, 0.5) is 0 Å². The second-order valence-corrected chi connectivity index (χ2v) is 24.0. The number of para-hydroxylation sites is 3. The molecule has 0 bridgehead atoms. The Bertz CT molecular complexity index is 3250. The van der Waals surface area contributed by atoms with Crippen LogP contribution in [-0.4, -0.2) is 22.6 Å². The van der Waals surface area contributed by atoms with Gasteiger partial charge in [0, 0.05) is 42.9 Å². The minimum absolute atomic E-state index is 0. The molecule has 0 spiro atoms. The molecule has 6 heteroatoms. The standard InChI is InChI=1S/C37H23N2O.C23H32NSi.Ir/c1-3-12-25(13-4-1)27-22-23-33(31(24-27)26-14-5-2-6-15-26)39-34-20-9-8-19-32(34)38-37(39)30-18-11-17-29-28-16-7-10-21-35(28)40-36(29)30;1-17(2)19-10-12-20(13-11-19)22-15-21(14-18-8-6-7-9-18)23(16-24-22)25(3,4)5;/h1-17,19-24H;10-12,15-18H,6-9,14H2,1-5H3;/q2*-1;. The fourth-order valence-electron chi connectivity index (χ4n) is 9.65. The van der Waals surface area contributed by atoms with Crippen molar-refractivity contribution in [3.05, 3.63) is 193 Å². The predicted octanol–water partition coefficient (Wildman–Crippen LogP) is 15.7. The molecule has 0 N–H and O–H groups in total. The normalized spacial score (nSPS) is 13.0. The monoisotopic (exact) mass is 1050 g/mol. The zero-order valence-corrected chi connectivity index (χ0v) is 41.8. The Morgan fingerprint density at radius 2 is 1.42 bits per heavy atom.